The summed E-state index contributed by atoms with van der Waals surface area (Å²) in [5.74, 6) is -0.358. The third-order valence-electron chi connectivity index (χ3n) is 2.08. The number of carbonyl (C=O) groups excluding carboxylic acids is 1. The molecule has 80 valence electrons. The van der Waals surface area contributed by atoms with Gasteiger partial charge in [0.15, 0.2) is 5.72 Å². The predicted octanol–water partition coefficient (Wildman–Crippen LogP) is 1.54. The first-order valence-corrected chi connectivity index (χ1v) is 4.69. The van der Waals surface area contributed by atoms with Crippen LogP contribution in [-0.4, -0.2) is 11.0 Å². The van der Waals surface area contributed by atoms with Gasteiger partial charge in [0.25, 0.3) is 0 Å². The maximum absolute atomic E-state index is 11.4. The lowest BCUT2D eigenvalue weighted by molar-refractivity contribution is -0.124. The van der Waals surface area contributed by atoms with E-state index in [1.54, 1.807) is 31.2 Å². The van der Waals surface area contributed by atoms with Crippen molar-refractivity contribution >= 4 is 5.91 Å². The van der Waals surface area contributed by atoms with Gasteiger partial charge in [0.1, 0.15) is 0 Å². The monoisotopic (exact) mass is 205 g/mol. The molecule has 3 heteroatoms. The maximum atomic E-state index is 11.4. The fourth-order valence-electron chi connectivity index (χ4n) is 1.16. The molecule has 0 aromatic heterocycles. The van der Waals surface area contributed by atoms with Crippen LogP contribution in [0.25, 0.3) is 0 Å². The normalized spacial score (nSPS) is 14.1. The van der Waals surface area contributed by atoms with Crippen molar-refractivity contribution in [3.63, 3.8) is 0 Å². The van der Waals surface area contributed by atoms with Crippen molar-refractivity contribution in [2.75, 3.05) is 0 Å². The Bertz CT molecular complexity index is 368. The van der Waals surface area contributed by atoms with Crippen LogP contribution in [0.5, 0.6) is 0 Å². The molecule has 1 unspecified atom stereocenters. The molecule has 1 atom stereocenters. The first kappa shape index (κ1) is 11.5. The molecule has 0 spiro atoms. The standard InChI is InChI=1S/C12H15NO2/c1-9(2)11(14)13-12(3,15)10-7-5-4-6-8-10/h4-8,15H,1H2,2-3H3,(H,13,14). The molecular formula is C12H15NO2. The van der Waals surface area contributed by atoms with E-state index in [1.807, 2.05) is 6.07 Å². The van der Waals surface area contributed by atoms with Gasteiger partial charge in [-0.2, -0.15) is 0 Å². The molecule has 3 nitrogen and oxygen atoms in total. The summed E-state index contributed by atoms with van der Waals surface area (Å²) in [5, 5.41) is 12.5. The van der Waals surface area contributed by atoms with Crippen LogP contribution < -0.4 is 5.32 Å². The van der Waals surface area contributed by atoms with Crippen LogP contribution in [0, 0.1) is 0 Å². The Balaban J connectivity index is 2.85. The van der Waals surface area contributed by atoms with Crippen LogP contribution in [0.2, 0.25) is 0 Å². The quantitative estimate of drug-likeness (QED) is 0.581. The van der Waals surface area contributed by atoms with E-state index in [1.165, 1.54) is 6.92 Å². The Kier molecular flexibility index (Phi) is 3.27. The minimum absolute atomic E-state index is 0.358. The third kappa shape index (κ3) is 2.92. The van der Waals surface area contributed by atoms with E-state index in [9.17, 15) is 9.90 Å². The Morgan fingerprint density at radius 2 is 1.93 bits per heavy atom. The lowest BCUT2D eigenvalue weighted by Crippen LogP contribution is -2.43. The van der Waals surface area contributed by atoms with E-state index < -0.39 is 5.72 Å². The highest BCUT2D eigenvalue weighted by Crippen LogP contribution is 2.16. The van der Waals surface area contributed by atoms with Crippen LogP contribution in [0.1, 0.15) is 19.4 Å². The molecule has 0 bridgehead atoms. The molecule has 0 aliphatic rings. The van der Waals surface area contributed by atoms with E-state index in [2.05, 4.69) is 11.9 Å². The average Bonchev–Trinajstić information content (AvgIpc) is 2.18. The Morgan fingerprint density at radius 3 is 2.40 bits per heavy atom. The Morgan fingerprint density at radius 1 is 1.40 bits per heavy atom. The lowest BCUT2D eigenvalue weighted by Gasteiger charge is -2.25. The minimum atomic E-state index is -1.36. The maximum Gasteiger partial charge on any atom is 0.248 e. The van der Waals surface area contributed by atoms with E-state index in [-0.39, 0.29) is 5.91 Å². The molecule has 0 saturated heterocycles. The SMILES string of the molecule is C=C(C)C(=O)NC(C)(O)c1ccccc1. The van der Waals surface area contributed by atoms with Gasteiger partial charge in [-0.3, -0.25) is 4.79 Å². The van der Waals surface area contributed by atoms with Crippen molar-refractivity contribution in [2.24, 2.45) is 0 Å². The molecule has 15 heavy (non-hydrogen) atoms. The molecule has 0 saturated carbocycles. The Hall–Kier alpha value is -1.61. The van der Waals surface area contributed by atoms with Gasteiger partial charge in [-0.05, 0) is 13.8 Å². The number of rotatable bonds is 3. The summed E-state index contributed by atoms with van der Waals surface area (Å²) in [6.45, 7) is 6.63. The van der Waals surface area contributed by atoms with Crippen molar-refractivity contribution in [3.8, 4) is 0 Å². The molecule has 0 heterocycles. The zero-order valence-corrected chi connectivity index (χ0v) is 8.95. The molecule has 0 fully saturated rings. The smallest absolute Gasteiger partial charge is 0.248 e. The third-order valence-corrected chi connectivity index (χ3v) is 2.08. The van der Waals surface area contributed by atoms with Gasteiger partial charge >= 0.3 is 0 Å². The molecule has 1 rings (SSSR count). The minimum Gasteiger partial charge on any atom is -0.367 e. The van der Waals surface area contributed by atoms with Crippen molar-refractivity contribution in [3.05, 3.63) is 48.0 Å². The van der Waals surface area contributed by atoms with Gasteiger partial charge in [-0.1, -0.05) is 36.9 Å². The van der Waals surface area contributed by atoms with Crippen LogP contribution in [-0.2, 0) is 10.5 Å². The number of hydrogen-bond acceptors (Lipinski definition) is 2. The van der Waals surface area contributed by atoms with Gasteiger partial charge in [-0.25, -0.2) is 0 Å². The molecule has 1 amide bonds. The first-order chi connectivity index (χ1) is 6.93. The first-order valence-electron chi connectivity index (χ1n) is 4.69. The highest BCUT2D eigenvalue weighted by molar-refractivity contribution is 5.92. The van der Waals surface area contributed by atoms with E-state index in [4.69, 9.17) is 0 Å². The summed E-state index contributed by atoms with van der Waals surface area (Å²) in [5.41, 5.74) is -0.358. The Labute approximate surface area is 89.4 Å². The number of amides is 1. The van der Waals surface area contributed by atoms with Crippen molar-refractivity contribution < 1.29 is 9.90 Å². The van der Waals surface area contributed by atoms with E-state index >= 15 is 0 Å². The van der Waals surface area contributed by atoms with Crippen LogP contribution in [0.15, 0.2) is 42.5 Å². The van der Waals surface area contributed by atoms with Crippen LogP contribution >= 0.6 is 0 Å². The second-order valence-electron chi connectivity index (χ2n) is 3.67. The number of benzene rings is 1. The lowest BCUT2D eigenvalue weighted by atomic mass is 10.0. The second kappa shape index (κ2) is 4.28. The highest BCUT2D eigenvalue weighted by Gasteiger charge is 2.24. The fraction of sp³-hybridized carbons (Fsp3) is 0.250. The molecule has 2 N–H and O–H groups in total. The highest BCUT2D eigenvalue weighted by atomic mass is 16.3. The second-order valence-corrected chi connectivity index (χ2v) is 3.67. The van der Waals surface area contributed by atoms with Gasteiger partial charge in [-0.15, -0.1) is 0 Å². The summed E-state index contributed by atoms with van der Waals surface area (Å²) in [6, 6.07) is 8.95. The van der Waals surface area contributed by atoms with Gasteiger partial charge in [0.2, 0.25) is 5.91 Å². The van der Waals surface area contributed by atoms with Crippen molar-refractivity contribution in [1.82, 2.24) is 5.32 Å². The fourth-order valence-corrected chi connectivity index (χ4v) is 1.16. The van der Waals surface area contributed by atoms with Gasteiger partial charge in [0, 0.05) is 11.1 Å². The van der Waals surface area contributed by atoms with Crippen LogP contribution in [0.4, 0.5) is 0 Å². The predicted molar refractivity (Wildman–Crippen MR) is 59.0 cm³/mol. The van der Waals surface area contributed by atoms with Crippen molar-refractivity contribution in [2.45, 2.75) is 19.6 Å². The zero-order chi connectivity index (χ0) is 11.5. The van der Waals surface area contributed by atoms with E-state index in [0.29, 0.717) is 11.1 Å². The zero-order valence-electron chi connectivity index (χ0n) is 8.95. The molecular weight excluding hydrogens is 190 g/mol. The summed E-state index contributed by atoms with van der Waals surface area (Å²) in [7, 11) is 0. The largest absolute Gasteiger partial charge is 0.367 e. The number of hydrogen-bond donors (Lipinski definition) is 2. The van der Waals surface area contributed by atoms with Crippen LogP contribution in [0.3, 0.4) is 0 Å². The molecule has 0 radical (unpaired) electrons. The molecule has 0 aliphatic heterocycles. The van der Waals surface area contributed by atoms with Gasteiger partial charge in [0.05, 0.1) is 0 Å². The van der Waals surface area contributed by atoms with Crippen molar-refractivity contribution in [1.29, 1.82) is 0 Å². The molecule has 1 aromatic carbocycles. The average molecular weight is 205 g/mol. The summed E-state index contributed by atoms with van der Waals surface area (Å²) >= 11 is 0. The number of carbonyl (C=O) groups is 1. The summed E-state index contributed by atoms with van der Waals surface area (Å²) in [6.07, 6.45) is 0. The number of nitrogens with one attached hydrogen (secondary N) is 1. The van der Waals surface area contributed by atoms with E-state index in [0.717, 1.165) is 0 Å². The summed E-state index contributed by atoms with van der Waals surface area (Å²) < 4.78 is 0. The van der Waals surface area contributed by atoms with Gasteiger partial charge < -0.3 is 10.4 Å². The summed E-state index contributed by atoms with van der Waals surface area (Å²) in [4.78, 5) is 11.4. The molecule has 1 aromatic rings. The number of aliphatic hydroxyl groups is 1. The molecule has 0 aliphatic carbocycles. The topological polar surface area (TPSA) is 49.3 Å².